The zero-order valence-corrected chi connectivity index (χ0v) is 11.0. The number of anilines is 1. The summed E-state index contributed by atoms with van der Waals surface area (Å²) in [5.41, 5.74) is 1.02. The number of hydrogen-bond acceptors (Lipinski definition) is 2. The topological polar surface area (TPSA) is 58.6 Å². The van der Waals surface area contributed by atoms with Crippen LogP contribution in [0.3, 0.4) is 0 Å². The first kappa shape index (κ1) is 14.1. The highest BCUT2D eigenvalue weighted by Gasteiger charge is 2.05. The molecule has 0 atom stereocenters. The molecule has 2 rings (SSSR count). The van der Waals surface area contributed by atoms with E-state index in [1.807, 2.05) is 0 Å². The monoisotopic (exact) mass is 295 g/mol. The predicted octanol–water partition coefficient (Wildman–Crippen LogP) is 4.15. The summed E-state index contributed by atoms with van der Waals surface area (Å²) < 4.78 is 18.5. The van der Waals surface area contributed by atoms with Crippen molar-refractivity contribution < 1.29 is 19.0 Å². The lowest BCUT2D eigenvalue weighted by Crippen LogP contribution is -2.07. The highest BCUT2D eigenvalue weighted by atomic mass is 35.5. The van der Waals surface area contributed by atoms with Gasteiger partial charge in [0.2, 0.25) is 0 Å². The fourth-order valence-electron chi connectivity index (χ4n) is 1.61. The van der Waals surface area contributed by atoms with Crippen molar-refractivity contribution in [3.63, 3.8) is 0 Å². The van der Waals surface area contributed by atoms with E-state index in [0.717, 1.165) is 0 Å². The zero-order chi connectivity index (χ0) is 14.5. The second-order valence-corrected chi connectivity index (χ2v) is 4.40. The van der Waals surface area contributed by atoms with Gasteiger partial charge in [-0.25, -0.2) is 9.18 Å². The van der Waals surface area contributed by atoms with Crippen LogP contribution in [-0.2, 0) is 6.61 Å². The van der Waals surface area contributed by atoms with E-state index in [2.05, 4.69) is 5.32 Å². The van der Waals surface area contributed by atoms with E-state index < -0.39 is 6.09 Å². The summed E-state index contributed by atoms with van der Waals surface area (Å²) in [5, 5.41) is 11.0. The van der Waals surface area contributed by atoms with Crippen LogP contribution < -0.4 is 10.1 Å². The lowest BCUT2D eigenvalue weighted by Gasteiger charge is -2.09. The second kappa shape index (κ2) is 6.25. The molecule has 2 aromatic rings. The SMILES string of the molecule is O=C(O)Nc1ccc(OCc2cccc(F)c2)c(Cl)c1. The number of carboxylic acid groups (broad SMARTS) is 1. The Labute approximate surface area is 119 Å². The van der Waals surface area contributed by atoms with Crippen LogP contribution in [0.4, 0.5) is 14.9 Å². The maximum atomic E-state index is 13.0. The van der Waals surface area contributed by atoms with E-state index in [-0.39, 0.29) is 17.4 Å². The van der Waals surface area contributed by atoms with Crippen molar-refractivity contribution in [3.8, 4) is 5.75 Å². The van der Waals surface area contributed by atoms with Gasteiger partial charge in [-0.15, -0.1) is 0 Å². The Bertz CT molecular complexity index is 634. The van der Waals surface area contributed by atoms with Crippen LogP contribution in [-0.4, -0.2) is 11.2 Å². The molecule has 0 bridgehead atoms. The largest absolute Gasteiger partial charge is 0.487 e. The van der Waals surface area contributed by atoms with Gasteiger partial charge in [-0.3, -0.25) is 5.32 Å². The molecule has 0 saturated heterocycles. The van der Waals surface area contributed by atoms with Crippen LogP contribution in [0, 0.1) is 5.82 Å². The van der Waals surface area contributed by atoms with Gasteiger partial charge in [0.15, 0.2) is 0 Å². The molecule has 0 aromatic heterocycles. The summed E-state index contributed by atoms with van der Waals surface area (Å²) in [6.45, 7) is 0.170. The molecule has 0 spiro atoms. The summed E-state index contributed by atoms with van der Waals surface area (Å²) >= 11 is 5.98. The standard InChI is InChI=1S/C14H11ClFNO3/c15-12-7-11(17-14(18)19)4-5-13(12)20-8-9-2-1-3-10(16)6-9/h1-7,17H,8H2,(H,18,19). The van der Waals surface area contributed by atoms with E-state index >= 15 is 0 Å². The third-order valence-corrected chi connectivity index (χ3v) is 2.76. The number of nitrogens with one attached hydrogen (secondary N) is 1. The third-order valence-electron chi connectivity index (χ3n) is 2.47. The molecule has 20 heavy (non-hydrogen) atoms. The molecule has 6 heteroatoms. The molecule has 2 aromatic carbocycles. The van der Waals surface area contributed by atoms with Crippen molar-refractivity contribution in [3.05, 3.63) is 58.9 Å². The maximum absolute atomic E-state index is 13.0. The van der Waals surface area contributed by atoms with Crippen LogP contribution in [0.5, 0.6) is 5.75 Å². The number of benzene rings is 2. The minimum atomic E-state index is -1.17. The summed E-state index contributed by atoms with van der Waals surface area (Å²) in [6.07, 6.45) is -1.17. The van der Waals surface area contributed by atoms with E-state index in [9.17, 15) is 9.18 Å². The summed E-state index contributed by atoms with van der Waals surface area (Å²) in [5.74, 6) is 0.0602. The second-order valence-electron chi connectivity index (χ2n) is 3.99. The average molecular weight is 296 g/mol. The van der Waals surface area contributed by atoms with Crippen molar-refractivity contribution in [2.75, 3.05) is 5.32 Å². The Balaban J connectivity index is 2.04. The van der Waals surface area contributed by atoms with Gasteiger partial charge in [-0.2, -0.15) is 0 Å². The number of ether oxygens (including phenoxy) is 1. The van der Waals surface area contributed by atoms with Gasteiger partial charge in [-0.05, 0) is 35.9 Å². The molecule has 0 unspecified atom stereocenters. The minimum absolute atomic E-state index is 0.170. The molecular formula is C14H11ClFNO3. The van der Waals surface area contributed by atoms with E-state index in [0.29, 0.717) is 17.0 Å². The number of amides is 1. The predicted molar refractivity (Wildman–Crippen MR) is 73.8 cm³/mol. The van der Waals surface area contributed by atoms with Gasteiger partial charge in [-0.1, -0.05) is 23.7 Å². The molecular weight excluding hydrogens is 285 g/mol. The van der Waals surface area contributed by atoms with E-state index in [4.69, 9.17) is 21.4 Å². The number of halogens is 2. The van der Waals surface area contributed by atoms with Gasteiger partial charge < -0.3 is 9.84 Å². The molecule has 0 fully saturated rings. The number of carbonyl (C=O) groups is 1. The van der Waals surface area contributed by atoms with Crippen molar-refractivity contribution in [1.82, 2.24) is 0 Å². The lowest BCUT2D eigenvalue weighted by atomic mass is 10.2. The molecule has 0 aliphatic heterocycles. The van der Waals surface area contributed by atoms with Crippen LogP contribution in [0.2, 0.25) is 5.02 Å². The van der Waals surface area contributed by atoms with Gasteiger partial charge in [0.05, 0.1) is 5.02 Å². The Morgan fingerprint density at radius 2 is 2.10 bits per heavy atom. The Hall–Kier alpha value is -2.27. The Morgan fingerprint density at radius 3 is 2.75 bits per heavy atom. The van der Waals surface area contributed by atoms with Crippen LogP contribution in [0.25, 0.3) is 0 Å². The average Bonchev–Trinajstić information content (AvgIpc) is 2.37. The first-order valence-electron chi connectivity index (χ1n) is 5.71. The molecule has 1 amide bonds. The first-order valence-corrected chi connectivity index (χ1v) is 6.09. The normalized spacial score (nSPS) is 10.1. The molecule has 4 nitrogen and oxygen atoms in total. The third kappa shape index (κ3) is 3.86. The summed E-state index contributed by atoms with van der Waals surface area (Å²) in [6, 6.07) is 10.6. The fourth-order valence-corrected chi connectivity index (χ4v) is 1.84. The molecule has 0 radical (unpaired) electrons. The number of rotatable bonds is 4. The van der Waals surface area contributed by atoms with Crippen LogP contribution >= 0.6 is 11.6 Å². The molecule has 104 valence electrons. The highest BCUT2D eigenvalue weighted by Crippen LogP contribution is 2.28. The van der Waals surface area contributed by atoms with Crippen LogP contribution in [0.1, 0.15) is 5.56 Å². The maximum Gasteiger partial charge on any atom is 0.409 e. The summed E-state index contributed by atoms with van der Waals surface area (Å²) in [4.78, 5) is 10.5. The molecule has 2 N–H and O–H groups in total. The fraction of sp³-hybridized carbons (Fsp3) is 0.0714. The van der Waals surface area contributed by atoms with Crippen molar-refractivity contribution in [1.29, 1.82) is 0 Å². The molecule has 0 aliphatic rings. The minimum Gasteiger partial charge on any atom is -0.487 e. The van der Waals surface area contributed by atoms with Crippen molar-refractivity contribution in [2.24, 2.45) is 0 Å². The van der Waals surface area contributed by atoms with Crippen LogP contribution in [0.15, 0.2) is 42.5 Å². The summed E-state index contributed by atoms with van der Waals surface area (Å²) in [7, 11) is 0. The molecule has 0 saturated carbocycles. The first-order chi connectivity index (χ1) is 9.54. The Morgan fingerprint density at radius 1 is 1.30 bits per heavy atom. The van der Waals surface area contributed by atoms with Gasteiger partial charge in [0.25, 0.3) is 0 Å². The van der Waals surface area contributed by atoms with E-state index in [1.54, 1.807) is 18.2 Å². The van der Waals surface area contributed by atoms with Crippen molar-refractivity contribution >= 4 is 23.4 Å². The zero-order valence-electron chi connectivity index (χ0n) is 10.3. The molecule has 0 heterocycles. The number of hydrogen-bond donors (Lipinski definition) is 2. The van der Waals surface area contributed by atoms with E-state index in [1.165, 1.54) is 24.3 Å². The smallest absolute Gasteiger partial charge is 0.409 e. The molecule has 0 aliphatic carbocycles. The lowest BCUT2D eigenvalue weighted by molar-refractivity contribution is 0.209. The van der Waals surface area contributed by atoms with Gasteiger partial charge >= 0.3 is 6.09 Å². The highest BCUT2D eigenvalue weighted by molar-refractivity contribution is 6.32. The van der Waals surface area contributed by atoms with Gasteiger partial charge in [0, 0.05) is 5.69 Å². The quantitative estimate of drug-likeness (QED) is 0.891. The Kier molecular flexibility index (Phi) is 4.42. The van der Waals surface area contributed by atoms with Gasteiger partial charge in [0.1, 0.15) is 18.2 Å². The van der Waals surface area contributed by atoms with Crippen molar-refractivity contribution in [2.45, 2.75) is 6.61 Å².